The van der Waals surface area contributed by atoms with Crippen LogP contribution in [0.3, 0.4) is 0 Å². The molecule has 1 aromatic rings. The molecule has 2 atom stereocenters. The fourth-order valence-corrected chi connectivity index (χ4v) is 2.95. The smallest absolute Gasteiger partial charge is 0.119 e. The largest absolute Gasteiger partial charge is 0.497 e. The second-order valence-corrected chi connectivity index (χ2v) is 5.41. The lowest BCUT2D eigenvalue weighted by atomic mass is 9.70. The Kier molecular flexibility index (Phi) is 3.43. The maximum Gasteiger partial charge on any atom is 0.119 e. The van der Waals surface area contributed by atoms with E-state index in [1.807, 2.05) is 6.07 Å². The number of likely N-dealkylation sites (N-methyl/N-ethyl adjacent to an activating group) is 1. The molecule has 1 heterocycles. The van der Waals surface area contributed by atoms with Gasteiger partial charge in [0, 0.05) is 11.5 Å². The highest BCUT2D eigenvalue weighted by Gasteiger charge is 2.38. The third kappa shape index (κ3) is 2.19. The van der Waals surface area contributed by atoms with E-state index in [1.54, 1.807) is 7.11 Å². The summed E-state index contributed by atoms with van der Waals surface area (Å²) in [5.41, 5.74) is 1.64. The summed E-state index contributed by atoms with van der Waals surface area (Å²) in [4.78, 5) is 2.46. The number of benzene rings is 1. The van der Waals surface area contributed by atoms with Gasteiger partial charge in [-0.1, -0.05) is 19.1 Å². The molecule has 1 fully saturated rings. The highest BCUT2D eigenvalue weighted by atomic mass is 16.5. The molecule has 0 spiro atoms. The number of rotatable bonds is 2. The molecule has 0 radical (unpaired) electrons. The Morgan fingerprint density at radius 2 is 2.18 bits per heavy atom. The molecule has 1 aromatic carbocycles. The van der Waals surface area contributed by atoms with Crippen molar-refractivity contribution >= 4 is 0 Å². The van der Waals surface area contributed by atoms with Gasteiger partial charge in [-0.25, -0.2) is 0 Å². The summed E-state index contributed by atoms with van der Waals surface area (Å²) < 4.78 is 5.34. The molecule has 1 aliphatic heterocycles. The Labute approximate surface area is 105 Å². The van der Waals surface area contributed by atoms with E-state index in [2.05, 4.69) is 44.0 Å². The first-order valence-electron chi connectivity index (χ1n) is 6.42. The molecule has 94 valence electrons. The first-order valence-corrected chi connectivity index (χ1v) is 6.42. The third-order valence-electron chi connectivity index (χ3n) is 4.52. The lowest BCUT2D eigenvalue weighted by Gasteiger charge is -2.45. The van der Waals surface area contributed by atoms with Crippen molar-refractivity contribution in [1.29, 1.82) is 0 Å². The maximum absolute atomic E-state index is 5.34. The van der Waals surface area contributed by atoms with Crippen molar-refractivity contribution in [3.05, 3.63) is 29.8 Å². The normalized spacial score (nSPS) is 30.2. The topological polar surface area (TPSA) is 12.5 Å². The quantitative estimate of drug-likeness (QED) is 0.778. The molecule has 1 saturated heterocycles. The minimum atomic E-state index is 0.238. The Morgan fingerprint density at radius 3 is 2.88 bits per heavy atom. The number of likely N-dealkylation sites (tertiary alicyclic amines) is 1. The van der Waals surface area contributed by atoms with E-state index in [4.69, 9.17) is 4.74 Å². The minimum Gasteiger partial charge on any atom is -0.497 e. The zero-order valence-corrected chi connectivity index (χ0v) is 11.4. The molecule has 2 nitrogen and oxygen atoms in total. The van der Waals surface area contributed by atoms with E-state index in [0.717, 1.165) is 5.75 Å². The predicted molar refractivity (Wildman–Crippen MR) is 71.7 cm³/mol. The first-order chi connectivity index (χ1) is 8.08. The third-order valence-corrected chi connectivity index (χ3v) is 4.52. The summed E-state index contributed by atoms with van der Waals surface area (Å²) in [5.74, 6) is 0.962. The van der Waals surface area contributed by atoms with Crippen LogP contribution in [0.4, 0.5) is 0 Å². The van der Waals surface area contributed by atoms with Crippen LogP contribution in [0.15, 0.2) is 24.3 Å². The van der Waals surface area contributed by atoms with Crippen LogP contribution in [0, 0.1) is 0 Å². The van der Waals surface area contributed by atoms with Crippen LogP contribution in [0.5, 0.6) is 5.75 Å². The number of nitrogens with zero attached hydrogens (tertiary/aromatic N) is 1. The molecule has 0 amide bonds. The summed E-state index contributed by atoms with van der Waals surface area (Å²) in [6.07, 6.45) is 2.53. The second-order valence-electron chi connectivity index (χ2n) is 5.41. The van der Waals surface area contributed by atoms with Crippen molar-refractivity contribution in [1.82, 2.24) is 4.90 Å². The Bertz CT molecular complexity index is 390. The standard InChI is InChI=1S/C15H23NO/c1-12-15(2,9-6-10-16(12)3)13-7-5-8-14(11-13)17-4/h5,7-8,11-12H,6,9-10H2,1-4H3/t12-,15+/m1/s1. The van der Waals surface area contributed by atoms with E-state index in [-0.39, 0.29) is 5.41 Å². The molecule has 2 rings (SSSR count). The molecule has 0 aromatic heterocycles. The summed E-state index contributed by atoms with van der Waals surface area (Å²) in [6, 6.07) is 9.11. The lowest BCUT2D eigenvalue weighted by Crippen LogP contribution is -2.49. The van der Waals surface area contributed by atoms with Crippen molar-refractivity contribution in [3.63, 3.8) is 0 Å². The van der Waals surface area contributed by atoms with Gasteiger partial charge in [-0.15, -0.1) is 0 Å². The van der Waals surface area contributed by atoms with Gasteiger partial charge >= 0.3 is 0 Å². The average Bonchev–Trinajstić information content (AvgIpc) is 2.36. The van der Waals surface area contributed by atoms with Gasteiger partial charge in [-0.2, -0.15) is 0 Å². The summed E-state index contributed by atoms with van der Waals surface area (Å²) in [7, 11) is 3.96. The van der Waals surface area contributed by atoms with Crippen molar-refractivity contribution in [2.75, 3.05) is 20.7 Å². The number of piperidine rings is 1. The van der Waals surface area contributed by atoms with Gasteiger partial charge in [-0.05, 0) is 51.1 Å². The van der Waals surface area contributed by atoms with Gasteiger partial charge in [0.2, 0.25) is 0 Å². The van der Waals surface area contributed by atoms with Crippen LogP contribution in [0.2, 0.25) is 0 Å². The molecule has 1 aliphatic rings. The van der Waals surface area contributed by atoms with E-state index in [9.17, 15) is 0 Å². The Balaban J connectivity index is 2.35. The summed E-state index contributed by atoms with van der Waals surface area (Å²) in [6.45, 7) is 5.92. The first kappa shape index (κ1) is 12.4. The zero-order chi connectivity index (χ0) is 12.5. The number of hydrogen-bond acceptors (Lipinski definition) is 2. The van der Waals surface area contributed by atoms with E-state index < -0.39 is 0 Å². The molecule has 0 aliphatic carbocycles. The van der Waals surface area contributed by atoms with Gasteiger partial charge < -0.3 is 9.64 Å². The van der Waals surface area contributed by atoms with Gasteiger partial charge in [0.15, 0.2) is 0 Å². The van der Waals surface area contributed by atoms with Crippen LogP contribution in [-0.2, 0) is 5.41 Å². The van der Waals surface area contributed by atoms with Crippen LogP contribution >= 0.6 is 0 Å². The molecular formula is C15H23NO. The predicted octanol–water partition coefficient (Wildman–Crippen LogP) is 3.07. The van der Waals surface area contributed by atoms with Crippen LogP contribution in [0.25, 0.3) is 0 Å². The SMILES string of the molecule is COc1cccc([C@@]2(C)CCCN(C)[C@@H]2C)c1. The Morgan fingerprint density at radius 1 is 1.41 bits per heavy atom. The number of hydrogen-bond donors (Lipinski definition) is 0. The number of methoxy groups -OCH3 is 1. The van der Waals surface area contributed by atoms with Crippen molar-refractivity contribution in [2.45, 2.75) is 38.1 Å². The summed E-state index contributed by atoms with van der Waals surface area (Å²) >= 11 is 0. The van der Waals surface area contributed by atoms with Gasteiger partial charge in [-0.3, -0.25) is 0 Å². The van der Waals surface area contributed by atoms with Crippen LogP contribution < -0.4 is 4.74 Å². The van der Waals surface area contributed by atoms with E-state index in [0.29, 0.717) is 6.04 Å². The van der Waals surface area contributed by atoms with Gasteiger partial charge in [0.25, 0.3) is 0 Å². The van der Waals surface area contributed by atoms with Gasteiger partial charge in [0.05, 0.1) is 7.11 Å². The monoisotopic (exact) mass is 233 g/mol. The van der Waals surface area contributed by atoms with Crippen molar-refractivity contribution < 1.29 is 4.74 Å². The molecule has 17 heavy (non-hydrogen) atoms. The lowest BCUT2D eigenvalue weighted by molar-refractivity contribution is 0.114. The molecule has 0 bridgehead atoms. The zero-order valence-electron chi connectivity index (χ0n) is 11.4. The van der Waals surface area contributed by atoms with E-state index in [1.165, 1.54) is 24.9 Å². The fraction of sp³-hybridized carbons (Fsp3) is 0.600. The fourth-order valence-electron chi connectivity index (χ4n) is 2.95. The second kappa shape index (κ2) is 4.69. The Hall–Kier alpha value is -1.02. The summed E-state index contributed by atoms with van der Waals surface area (Å²) in [5, 5.41) is 0. The highest BCUT2D eigenvalue weighted by molar-refractivity contribution is 5.35. The molecule has 0 saturated carbocycles. The van der Waals surface area contributed by atoms with Crippen LogP contribution in [-0.4, -0.2) is 31.6 Å². The minimum absolute atomic E-state index is 0.238. The molecular weight excluding hydrogens is 210 g/mol. The van der Waals surface area contributed by atoms with Gasteiger partial charge in [0.1, 0.15) is 5.75 Å². The molecule has 2 heteroatoms. The van der Waals surface area contributed by atoms with Crippen molar-refractivity contribution in [2.24, 2.45) is 0 Å². The number of ether oxygens (including phenoxy) is 1. The molecule has 0 N–H and O–H groups in total. The maximum atomic E-state index is 5.34. The van der Waals surface area contributed by atoms with Crippen LogP contribution in [0.1, 0.15) is 32.3 Å². The average molecular weight is 233 g/mol. The van der Waals surface area contributed by atoms with Crippen molar-refractivity contribution in [3.8, 4) is 5.75 Å². The highest BCUT2D eigenvalue weighted by Crippen LogP contribution is 2.39. The molecule has 0 unspecified atom stereocenters. The van der Waals surface area contributed by atoms with E-state index >= 15 is 0 Å².